The molecule has 1 aliphatic rings. The van der Waals surface area contributed by atoms with Crippen LogP contribution in [0.3, 0.4) is 0 Å². The van der Waals surface area contributed by atoms with Gasteiger partial charge < -0.3 is 14.7 Å². The van der Waals surface area contributed by atoms with Gasteiger partial charge in [0.15, 0.2) is 0 Å². The number of benzene rings is 1. The Labute approximate surface area is 148 Å². The van der Waals surface area contributed by atoms with Gasteiger partial charge in [-0.25, -0.2) is 0 Å². The number of carbonyl (C=O) groups is 1. The highest BCUT2D eigenvalue weighted by Crippen LogP contribution is 2.17. The molecule has 0 spiro atoms. The Hall–Kier alpha value is -2.18. The minimum atomic E-state index is -0.301. The first kappa shape index (κ1) is 17.6. The van der Waals surface area contributed by atoms with Gasteiger partial charge in [-0.15, -0.1) is 0 Å². The van der Waals surface area contributed by atoms with Crippen LogP contribution in [0.4, 0.5) is 0 Å². The maximum Gasteiger partial charge on any atom is 0.254 e. The largest absolute Gasteiger partial charge is 0.394 e. The van der Waals surface area contributed by atoms with Crippen LogP contribution >= 0.6 is 0 Å². The smallest absolute Gasteiger partial charge is 0.254 e. The quantitative estimate of drug-likeness (QED) is 0.919. The van der Waals surface area contributed by atoms with Gasteiger partial charge in [0.2, 0.25) is 0 Å². The van der Waals surface area contributed by atoms with Crippen LogP contribution in [0.1, 0.15) is 34.2 Å². The Morgan fingerprint density at radius 2 is 2.04 bits per heavy atom. The van der Waals surface area contributed by atoms with Crippen molar-refractivity contribution < 1.29 is 14.6 Å². The van der Waals surface area contributed by atoms with Gasteiger partial charge in [-0.2, -0.15) is 5.10 Å². The van der Waals surface area contributed by atoms with Crippen LogP contribution in [0.2, 0.25) is 0 Å². The van der Waals surface area contributed by atoms with E-state index in [9.17, 15) is 9.90 Å². The zero-order chi connectivity index (χ0) is 18.0. The van der Waals surface area contributed by atoms with E-state index in [2.05, 4.69) is 11.2 Å². The maximum atomic E-state index is 12.8. The van der Waals surface area contributed by atoms with Gasteiger partial charge >= 0.3 is 0 Å². The van der Waals surface area contributed by atoms with Crippen LogP contribution in [0.25, 0.3) is 0 Å². The summed E-state index contributed by atoms with van der Waals surface area (Å²) < 4.78 is 7.46. The fourth-order valence-corrected chi connectivity index (χ4v) is 3.14. The number of aliphatic hydroxyl groups excluding tert-OH is 1. The number of ether oxygens (including phenoxy) is 1. The molecule has 2 atom stereocenters. The molecule has 0 aliphatic carbocycles. The third-order valence-corrected chi connectivity index (χ3v) is 4.61. The van der Waals surface area contributed by atoms with Crippen LogP contribution in [-0.4, -0.2) is 57.6 Å². The Morgan fingerprint density at radius 3 is 2.64 bits per heavy atom. The minimum absolute atomic E-state index is 0.00433. The third-order valence-electron chi connectivity index (χ3n) is 4.61. The third kappa shape index (κ3) is 3.91. The number of aromatic nitrogens is 2. The predicted octanol–water partition coefficient (Wildman–Crippen LogP) is 1.77. The predicted molar refractivity (Wildman–Crippen MR) is 94.6 cm³/mol. The molecule has 3 rings (SSSR count). The van der Waals surface area contributed by atoms with E-state index in [1.54, 1.807) is 4.90 Å². The summed E-state index contributed by atoms with van der Waals surface area (Å²) in [4.78, 5) is 14.5. The van der Waals surface area contributed by atoms with E-state index >= 15 is 0 Å². The Morgan fingerprint density at radius 1 is 1.32 bits per heavy atom. The first-order valence-corrected chi connectivity index (χ1v) is 8.61. The van der Waals surface area contributed by atoms with Crippen molar-refractivity contribution in [3.05, 3.63) is 52.8 Å². The van der Waals surface area contributed by atoms with E-state index in [1.807, 2.05) is 49.7 Å². The highest BCUT2D eigenvalue weighted by molar-refractivity contribution is 5.94. The number of hydrogen-bond donors (Lipinski definition) is 1. The molecular weight excluding hydrogens is 318 g/mol. The molecule has 1 saturated heterocycles. The number of rotatable bonds is 4. The molecule has 134 valence electrons. The molecule has 0 bridgehead atoms. The molecule has 25 heavy (non-hydrogen) atoms. The normalized spacial score (nSPS) is 20.7. The molecule has 2 heterocycles. The molecule has 2 aromatic rings. The number of aliphatic hydroxyl groups is 1. The van der Waals surface area contributed by atoms with E-state index in [1.165, 1.54) is 0 Å². The van der Waals surface area contributed by atoms with Gasteiger partial charge in [0.25, 0.3) is 5.91 Å². The van der Waals surface area contributed by atoms with Crippen molar-refractivity contribution in [1.29, 1.82) is 0 Å². The number of hydrogen-bond acceptors (Lipinski definition) is 4. The van der Waals surface area contributed by atoms with Gasteiger partial charge in [0.05, 0.1) is 37.6 Å². The fourth-order valence-electron chi connectivity index (χ4n) is 3.14. The van der Waals surface area contributed by atoms with E-state index in [-0.39, 0.29) is 24.7 Å². The second kappa shape index (κ2) is 7.37. The average Bonchev–Trinajstić information content (AvgIpc) is 2.92. The molecule has 2 unspecified atom stereocenters. The van der Waals surface area contributed by atoms with Crippen LogP contribution in [0.15, 0.2) is 30.3 Å². The summed E-state index contributed by atoms with van der Waals surface area (Å²) in [5.74, 6) is -0.0214. The standard InChI is InChI=1S/C19H25N3O3/c1-13-8-14(2)22(20-13)9-16-4-6-17(7-5-16)19(24)21-10-18(11-23)25-12-15(21)3/h4-8,15,18,23H,9-12H2,1-3H3. The summed E-state index contributed by atoms with van der Waals surface area (Å²) >= 11 is 0. The first-order valence-electron chi connectivity index (χ1n) is 8.61. The topological polar surface area (TPSA) is 67.6 Å². The zero-order valence-electron chi connectivity index (χ0n) is 15.0. The van der Waals surface area contributed by atoms with Crippen LogP contribution in [0.5, 0.6) is 0 Å². The molecule has 1 aliphatic heterocycles. The molecule has 0 radical (unpaired) electrons. The van der Waals surface area contributed by atoms with Crippen molar-refractivity contribution in [2.24, 2.45) is 0 Å². The summed E-state index contributed by atoms with van der Waals surface area (Å²) in [6.07, 6.45) is -0.301. The summed E-state index contributed by atoms with van der Waals surface area (Å²) in [7, 11) is 0. The highest BCUT2D eigenvalue weighted by Gasteiger charge is 2.29. The zero-order valence-corrected chi connectivity index (χ0v) is 15.0. The van der Waals surface area contributed by atoms with E-state index in [0.717, 1.165) is 17.0 Å². The summed E-state index contributed by atoms with van der Waals surface area (Å²) in [6, 6.07) is 9.72. The molecule has 1 fully saturated rings. The second-order valence-corrected chi connectivity index (χ2v) is 6.73. The van der Waals surface area contributed by atoms with Crippen LogP contribution in [-0.2, 0) is 11.3 Å². The Kier molecular flexibility index (Phi) is 5.20. The van der Waals surface area contributed by atoms with Crippen molar-refractivity contribution in [1.82, 2.24) is 14.7 Å². The molecule has 0 saturated carbocycles. The summed E-state index contributed by atoms with van der Waals surface area (Å²) in [5.41, 5.74) is 3.88. The van der Waals surface area contributed by atoms with Gasteiger partial charge in [-0.3, -0.25) is 9.48 Å². The number of nitrogens with zero attached hydrogens (tertiary/aromatic N) is 3. The summed E-state index contributed by atoms with van der Waals surface area (Å²) in [6.45, 7) is 7.47. The van der Waals surface area contributed by atoms with Crippen LogP contribution in [0, 0.1) is 13.8 Å². The molecule has 1 N–H and O–H groups in total. The molecule has 1 aromatic heterocycles. The van der Waals surface area contributed by atoms with Gasteiger partial charge in [-0.1, -0.05) is 12.1 Å². The summed E-state index contributed by atoms with van der Waals surface area (Å²) in [5, 5.41) is 13.7. The molecule has 6 nitrogen and oxygen atoms in total. The highest BCUT2D eigenvalue weighted by atomic mass is 16.5. The monoisotopic (exact) mass is 343 g/mol. The van der Waals surface area contributed by atoms with Crippen molar-refractivity contribution in [2.75, 3.05) is 19.8 Å². The van der Waals surface area contributed by atoms with E-state index < -0.39 is 0 Å². The van der Waals surface area contributed by atoms with Crippen molar-refractivity contribution >= 4 is 5.91 Å². The maximum absolute atomic E-state index is 12.8. The SMILES string of the molecule is Cc1cc(C)n(Cc2ccc(C(=O)N3CC(CO)OCC3C)cc2)n1. The lowest BCUT2D eigenvalue weighted by molar-refractivity contribution is -0.0667. The first-order chi connectivity index (χ1) is 12.0. The lowest BCUT2D eigenvalue weighted by atomic mass is 10.1. The van der Waals surface area contributed by atoms with Gasteiger partial charge in [-0.05, 0) is 44.5 Å². The lowest BCUT2D eigenvalue weighted by Gasteiger charge is -2.37. The van der Waals surface area contributed by atoms with E-state index in [4.69, 9.17) is 4.74 Å². The minimum Gasteiger partial charge on any atom is -0.394 e. The molecule has 1 aromatic carbocycles. The number of amides is 1. The number of carbonyl (C=O) groups excluding carboxylic acids is 1. The van der Waals surface area contributed by atoms with E-state index in [0.29, 0.717) is 25.3 Å². The van der Waals surface area contributed by atoms with Crippen molar-refractivity contribution in [3.63, 3.8) is 0 Å². The fraction of sp³-hybridized carbons (Fsp3) is 0.474. The number of morpholine rings is 1. The van der Waals surface area contributed by atoms with Gasteiger partial charge in [0.1, 0.15) is 0 Å². The van der Waals surface area contributed by atoms with Crippen molar-refractivity contribution in [2.45, 2.75) is 39.5 Å². The van der Waals surface area contributed by atoms with Crippen LogP contribution < -0.4 is 0 Å². The second-order valence-electron chi connectivity index (χ2n) is 6.73. The number of aryl methyl sites for hydroxylation is 2. The molecule has 6 heteroatoms. The Balaban J connectivity index is 1.71. The average molecular weight is 343 g/mol. The van der Waals surface area contributed by atoms with Crippen molar-refractivity contribution in [3.8, 4) is 0 Å². The molecular formula is C19H25N3O3. The Bertz CT molecular complexity index is 739. The lowest BCUT2D eigenvalue weighted by Crippen LogP contribution is -2.52. The molecule has 1 amide bonds. The van der Waals surface area contributed by atoms with Gasteiger partial charge in [0, 0.05) is 17.8 Å².